The van der Waals surface area contributed by atoms with Crippen LogP contribution in [0.2, 0.25) is 0 Å². The summed E-state index contributed by atoms with van der Waals surface area (Å²) in [7, 11) is 1.61. The first kappa shape index (κ1) is 14.5. The molecular formula is C16H26O4. The number of hydrogen-bond acceptors (Lipinski definition) is 4. The highest BCUT2D eigenvalue weighted by Gasteiger charge is 2.69. The van der Waals surface area contributed by atoms with Crippen molar-refractivity contribution in [2.75, 3.05) is 13.7 Å². The summed E-state index contributed by atoms with van der Waals surface area (Å²) >= 11 is 0. The maximum Gasteiger partial charge on any atom is 0.169 e. The second-order valence-electron chi connectivity index (χ2n) is 7.15. The lowest BCUT2D eigenvalue weighted by molar-refractivity contribution is -0.175. The fraction of sp³-hybridized carbons (Fsp3) is 0.875. The molecule has 0 aromatic heterocycles. The number of rotatable bonds is 1. The minimum Gasteiger partial charge on any atom is -0.393 e. The number of ether oxygens (including phenoxy) is 2. The zero-order chi connectivity index (χ0) is 14.7. The summed E-state index contributed by atoms with van der Waals surface area (Å²) in [6.07, 6.45) is 1.09. The molecule has 4 heteroatoms. The summed E-state index contributed by atoms with van der Waals surface area (Å²) < 4.78 is 11.2. The van der Waals surface area contributed by atoms with E-state index in [0.717, 1.165) is 18.4 Å². The van der Waals surface area contributed by atoms with Crippen molar-refractivity contribution < 1.29 is 19.7 Å². The molecule has 3 fully saturated rings. The van der Waals surface area contributed by atoms with Gasteiger partial charge in [-0.3, -0.25) is 0 Å². The van der Waals surface area contributed by atoms with Crippen LogP contribution >= 0.6 is 0 Å². The van der Waals surface area contributed by atoms with E-state index in [4.69, 9.17) is 9.47 Å². The summed E-state index contributed by atoms with van der Waals surface area (Å²) in [5.41, 5.74) is 0.0469. The highest BCUT2D eigenvalue weighted by atomic mass is 16.7. The molecule has 3 aliphatic rings. The van der Waals surface area contributed by atoms with Crippen LogP contribution in [0.15, 0.2) is 12.2 Å². The van der Waals surface area contributed by atoms with Crippen molar-refractivity contribution >= 4 is 0 Å². The standard InChI is InChI=1S/C16H26O4/c1-9-5-6-12(17)11-7-16(13(18)15(9,11)3)10(2)8-20-14(16)19-4/h9,11-14,17-18H,2,5-8H2,1,3-4H3/t9?,11-,12-,13-,14-,15+,16-/m1/s1. The smallest absolute Gasteiger partial charge is 0.169 e. The third-order valence-electron chi connectivity index (χ3n) is 6.56. The Labute approximate surface area is 120 Å². The molecule has 2 saturated carbocycles. The van der Waals surface area contributed by atoms with Gasteiger partial charge in [0.2, 0.25) is 0 Å². The Morgan fingerprint density at radius 1 is 1.35 bits per heavy atom. The Morgan fingerprint density at radius 3 is 2.65 bits per heavy atom. The molecule has 0 bridgehead atoms. The van der Waals surface area contributed by atoms with Crippen LogP contribution in [0.3, 0.4) is 0 Å². The van der Waals surface area contributed by atoms with Crippen LogP contribution < -0.4 is 0 Å². The predicted molar refractivity (Wildman–Crippen MR) is 74.9 cm³/mol. The van der Waals surface area contributed by atoms with Crippen LogP contribution in [0, 0.1) is 22.7 Å². The topological polar surface area (TPSA) is 58.9 Å². The minimum atomic E-state index is -0.579. The van der Waals surface area contributed by atoms with E-state index in [1.807, 2.05) is 0 Å². The van der Waals surface area contributed by atoms with Gasteiger partial charge in [-0.1, -0.05) is 20.4 Å². The van der Waals surface area contributed by atoms with Gasteiger partial charge < -0.3 is 19.7 Å². The molecule has 2 aliphatic carbocycles. The van der Waals surface area contributed by atoms with Crippen LogP contribution in [0.25, 0.3) is 0 Å². The molecule has 0 amide bonds. The number of hydrogen-bond donors (Lipinski definition) is 2. The van der Waals surface area contributed by atoms with Gasteiger partial charge in [-0.15, -0.1) is 0 Å². The van der Waals surface area contributed by atoms with Gasteiger partial charge in [0.1, 0.15) is 0 Å². The van der Waals surface area contributed by atoms with Crippen LogP contribution in [-0.2, 0) is 9.47 Å². The molecule has 7 atom stereocenters. The molecule has 3 rings (SSSR count). The second kappa shape index (κ2) is 4.54. The van der Waals surface area contributed by atoms with Gasteiger partial charge in [0.15, 0.2) is 6.29 Å². The first-order chi connectivity index (χ1) is 9.38. The monoisotopic (exact) mass is 282 g/mol. The number of methoxy groups -OCH3 is 1. The van der Waals surface area contributed by atoms with Crippen molar-refractivity contribution in [3.05, 3.63) is 12.2 Å². The van der Waals surface area contributed by atoms with E-state index in [1.165, 1.54) is 0 Å². The van der Waals surface area contributed by atoms with Crippen LogP contribution in [0.5, 0.6) is 0 Å². The first-order valence-electron chi connectivity index (χ1n) is 7.57. The van der Waals surface area contributed by atoms with E-state index in [-0.39, 0.29) is 17.4 Å². The average Bonchev–Trinajstić information content (AvgIpc) is 2.87. The second-order valence-corrected chi connectivity index (χ2v) is 7.15. The van der Waals surface area contributed by atoms with Crippen LogP contribution in [0.4, 0.5) is 0 Å². The van der Waals surface area contributed by atoms with Crippen molar-refractivity contribution in [2.24, 2.45) is 22.7 Å². The van der Waals surface area contributed by atoms with E-state index in [1.54, 1.807) is 7.11 Å². The molecule has 0 aromatic carbocycles. The molecule has 20 heavy (non-hydrogen) atoms. The van der Waals surface area contributed by atoms with Crippen molar-refractivity contribution in [2.45, 2.75) is 51.6 Å². The number of aliphatic hydroxyl groups excluding tert-OH is 2. The SMILES string of the molecule is C=C1CO[C@@H](OC)[C@]12C[C@@H]1[C@H](O)CCC(C)[C@]1(C)[C@H]2O. The van der Waals surface area contributed by atoms with E-state index in [9.17, 15) is 10.2 Å². The maximum absolute atomic E-state index is 11.2. The highest BCUT2D eigenvalue weighted by Crippen LogP contribution is 2.66. The summed E-state index contributed by atoms with van der Waals surface area (Å²) in [5, 5.41) is 21.6. The lowest BCUT2D eigenvalue weighted by atomic mass is 9.60. The summed E-state index contributed by atoms with van der Waals surface area (Å²) in [6.45, 7) is 8.86. The molecule has 114 valence electrons. The Morgan fingerprint density at radius 2 is 2.05 bits per heavy atom. The lowest BCUT2D eigenvalue weighted by Crippen LogP contribution is -2.51. The van der Waals surface area contributed by atoms with Gasteiger partial charge >= 0.3 is 0 Å². The van der Waals surface area contributed by atoms with Crippen LogP contribution in [0.1, 0.15) is 33.1 Å². The third-order valence-corrected chi connectivity index (χ3v) is 6.56. The summed E-state index contributed by atoms with van der Waals surface area (Å²) in [5.74, 6) is 0.452. The summed E-state index contributed by atoms with van der Waals surface area (Å²) in [6, 6.07) is 0. The Kier molecular flexibility index (Phi) is 3.29. The molecule has 1 saturated heterocycles. The van der Waals surface area contributed by atoms with Crippen molar-refractivity contribution in [1.29, 1.82) is 0 Å². The third kappa shape index (κ3) is 1.51. The fourth-order valence-electron chi connectivity index (χ4n) is 5.04. The van der Waals surface area contributed by atoms with Crippen molar-refractivity contribution in [3.63, 3.8) is 0 Å². The van der Waals surface area contributed by atoms with Gasteiger partial charge in [0.05, 0.1) is 24.2 Å². The van der Waals surface area contributed by atoms with Gasteiger partial charge in [-0.05, 0) is 36.7 Å². The number of aliphatic hydroxyl groups is 2. The van der Waals surface area contributed by atoms with E-state index < -0.39 is 17.8 Å². The minimum absolute atomic E-state index is 0.0809. The number of fused-ring (bicyclic) bond motifs is 1. The molecule has 0 radical (unpaired) electrons. The molecule has 1 aliphatic heterocycles. The van der Waals surface area contributed by atoms with Gasteiger partial charge in [-0.2, -0.15) is 0 Å². The van der Waals surface area contributed by atoms with Gasteiger partial charge in [-0.25, -0.2) is 0 Å². The fourth-order valence-corrected chi connectivity index (χ4v) is 5.04. The molecule has 4 nitrogen and oxygen atoms in total. The molecule has 0 aromatic rings. The van der Waals surface area contributed by atoms with Crippen molar-refractivity contribution in [3.8, 4) is 0 Å². The molecular weight excluding hydrogens is 256 g/mol. The largest absolute Gasteiger partial charge is 0.393 e. The molecule has 1 unspecified atom stereocenters. The van der Waals surface area contributed by atoms with Crippen LogP contribution in [-0.4, -0.2) is 42.4 Å². The molecule has 1 heterocycles. The summed E-state index contributed by atoms with van der Waals surface area (Å²) in [4.78, 5) is 0. The van der Waals surface area contributed by atoms with E-state index in [0.29, 0.717) is 18.9 Å². The van der Waals surface area contributed by atoms with E-state index in [2.05, 4.69) is 20.4 Å². The Balaban J connectivity index is 2.06. The van der Waals surface area contributed by atoms with Gasteiger partial charge in [0.25, 0.3) is 0 Å². The Bertz CT molecular complexity index is 423. The highest BCUT2D eigenvalue weighted by molar-refractivity contribution is 5.28. The predicted octanol–water partition coefficient (Wildman–Crippen LogP) is 1.71. The molecule has 2 N–H and O–H groups in total. The van der Waals surface area contributed by atoms with Crippen molar-refractivity contribution in [1.82, 2.24) is 0 Å². The van der Waals surface area contributed by atoms with E-state index >= 15 is 0 Å². The maximum atomic E-state index is 11.2. The quantitative estimate of drug-likeness (QED) is 0.719. The molecule has 1 spiro atoms. The first-order valence-corrected chi connectivity index (χ1v) is 7.57. The normalized spacial score (nSPS) is 55.5. The van der Waals surface area contributed by atoms with Gasteiger partial charge in [0, 0.05) is 12.5 Å². The average molecular weight is 282 g/mol. The zero-order valence-corrected chi connectivity index (χ0v) is 12.6. The Hall–Kier alpha value is -0.420. The lowest BCUT2D eigenvalue weighted by Gasteiger charge is -2.47. The zero-order valence-electron chi connectivity index (χ0n) is 12.6.